The van der Waals surface area contributed by atoms with Gasteiger partial charge in [0.25, 0.3) is 0 Å². The number of benzene rings is 2. The van der Waals surface area contributed by atoms with Crippen molar-refractivity contribution in [2.24, 2.45) is 10.9 Å². The molecule has 6 heteroatoms. The van der Waals surface area contributed by atoms with Crippen LogP contribution in [0.3, 0.4) is 0 Å². The molecule has 2 aliphatic rings. The van der Waals surface area contributed by atoms with Crippen LogP contribution in [0, 0.1) is 5.92 Å². The first-order valence-corrected chi connectivity index (χ1v) is 10.9. The van der Waals surface area contributed by atoms with Gasteiger partial charge in [0.2, 0.25) is 0 Å². The maximum absolute atomic E-state index is 5.95. The predicted octanol–water partition coefficient (Wildman–Crippen LogP) is 4.29. The van der Waals surface area contributed by atoms with Crippen molar-refractivity contribution in [1.82, 2.24) is 10.2 Å². The number of rotatable bonds is 7. The maximum Gasteiger partial charge on any atom is 0.193 e. The molecule has 0 aliphatic carbocycles. The molecule has 2 heterocycles. The lowest BCUT2D eigenvalue weighted by atomic mass is 10.1. The van der Waals surface area contributed by atoms with Crippen LogP contribution >= 0.6 is 24.0 Å². The molecule has 1 atom stereocenters. The van der Waals surface area contributed by atoms with Gasteiger partial charge in [-0.3, -0.25) is 4.99 Å². The number of nitrogens with zero attached hydrogens (tertiary/aromatic N) is 3. The highest BCUT2D eigenvalue weighted by Crippen LogP contribution is 2.19. The van der Waals surface area contributed by atoms with Crippen LogP contribution in [-0.2, 0) is 17.9 Å². The lowest BCUT2D eigenvalue weighted by molar-refractivity contribution is 0.0906. The molecular formula is C25H33IN4O. The molecule has 1 unspecified atom stereocenters. The van der Waals surface area contributed by atoms with E-state index in [0.29, 0.717) is 12.5 Å². The molecule has 0 radical (unpaired) electrons. The minimum absolute atomic E-state index is 0. The third kappa shape index (κ3) is 6.71. The number of likely N-dealkylation sites (tertiary alicyclic amines) is 1. The number of hydrogen-bond donors (Lipinski definition) is 1. The summed E-state index contributed by atoms with van der Waals surface area (Å²) in [5.41, 5.74) is 3.79. The highest BCUT2D eigenvalue weighted by Gasteiger charge is 2.25. The Morgan fingerprint density at radius 2 is 1.77 bits per heavy atom. The minimum atomic E-state index is 0. The molecule has 1 saturated heterocycles. The van der Waals surface area contributed by atoms with Crippen LogP contribution in [0.25, 0.3) is 0 Å². The van der Waals surface area contributed by atoms with Gasteiger partial charge < -0.3 is 19.9 Å². The second-order valence-electron chi connectivity index (χ2n) is 8.05. The van der Waals surface area contributed by atoms with Crippen molar-refractivity contribution >= 4 is 35.6 Å². The van der Waals surface area contributed by atoms with E-state index in [-0.39, 0.29) is 24.0 Å². The Bertz CT molecular complexity index is 846. The molecule has 4 rings (SSSR count). The fourth-order valence-electron chi connectivity index (χ4n) is 4.11. The molecule has 0 aromatic heterocycles. The quantitative estimate of drug-likeness (QED) is 0.250. The van der Waals surface area contributed by atoms with Gasteiger partial charge in [0.15, 0.2) is 5.96 Å². The molecule has 1 N–H and O–H groups in total. The largest absolute Gasteiger partial charge is 0.376 e. The summed E-state index contributed by atoms with van der Waals surface area (Å²) in [6.07, 6.45) is 5.58. The average molecular weight is 532 g/mol. The maximum atomic E-state index is 5.95. The Kier molecular flexibility index (Phi) is 9.21. The van der Waals surface area contributed by atoms with Crippen LogP contribution in [0.4, 0.5) is 5.69 Å². The van der Waals surface area contributed by atoms with Crippen molar-refractivity contribution in [3.8, 4) is 0 Å². The van der Waals surface area contributed by atoms with Crippen molar-refractivity contribution in [1.29, 1.82) is 0 Å². The molecule has 5 nitrogen and oxygen atoms in total. The van der Waals surface area contributed by atoms with E-state index in [0.717, 1.165) is 51.7 Å². The van der Waals surface area contributed by atoms with E-state index in [1.165, 1.54) is 16.8 Å². The van der Waals surface area contributed by atoms with Gasteiger partial charge in [-0.15, -0.1) is 24.0 Å². The molecule has 0 amide bonds. The Balaban J connectivity index is 0.00000272. The standard InChI is InChI=1S/C25H32N4O.HI/c1-26-25(27-17-21-9-11-24(12-10-21)28-14-5-6-15-28)29-16-13-23(18-29)20-30-19-22-7-3-2-4-8-22;/h2-12,23H,13-20H2,1H3,(H,26,27);1H. The predicted molar refractivity (Wildman–Crippen MR) is 139 cm³/mol. The number of nitrogens with one attached hydrogen (secondary N) is 1. The Morgan fingerprint density at radius 1 is 1.03 bits per heavy atom. The van der Waals surface area contributed by atoms with Crippen molar-refractivity contribution in [3.05, 3.63) is 77.9 Å². The van der Waals surface area contributed by atoms with Crippen LogP contribution in [0.2, 0.25) is 0 Å². The molecular weight excluding hydrogens is 499 g/mol. The summed E-state index contributed by atoms with van der Waals surface area (Å²) < 4.78 is 5.95. The summed E-state index contributed by atoms with van der Waals surface area (Å²) in [6.45, 7) is 6.32. The van der Waals surface area contributed by atoms with Gasteiger partial charge in [-0.25, -0.2) is 0 Å². The molecule has 0 spiro atoms. The molecule has 31 heavy (non-hydrogen) atoms. The zero-order valence-electron chi connectivity index (χ0n) is 18.2. The Hall–Kier alpha value is -2.06. The molecule has 2 aromatic carbocycles. The number of ether oxygens (including phenoxy) is 1. The summed E-state index contributed by atoms with van der Waals surface area (Å²) in [7, 11) is 1.87. The number of aliphatic imine (C=N–C) groups is 1. The van der Waals surface area contributed by atoms with Crippen molar-refractivity contribution in [2.75, 3.05) is 44.7 Å². The van der Waals surface area contributed by atoms with Gasteiger partial charge in [0.05, 0.1) is 13.2 Å². The van der Waals surface area contributed by atoms with Crippen molar-refractivity contribution in [2.45, 2.75) is 19.6 Å². The minimum Gasteiger partial charge on any atom is -0.376 e. The normalized spacial score (nSPS) is 18.4. The van der Waals surface area contributed by atoms with Gasteiger partial charge >= 0.3 is 0 Å². The molecule has 2 aromatic rings. The highest BCUT2D eigenvalue weighted by atomic mass is 127. The molecule has 166 valence electrons. The topological polar surface area (TPSA) is 40.1 Å². The van der Waals surface area contributed by atoms with Gasteiger partial charge in [-0.2, -0.15) is 0 Å². The smallest absolute Gasteiger partial charge is 0.193 e. The first kappa shape index (κ1) is 23.6. The summed E-state index contributed by atoms with van der Waals surface area (Å²) in [4.78, 5) is 9.21. The van der Waals surface area contributed by atoms with E-state index in [4.69, 9.17) is 4.74 Å². The zero-order valence-corrected chi connectivity index (χ0v) is 20.6. The van der Waals surface area contributed by atoms with E-state index in [1.807, 2.05) is 13.1 Å². The second kappa shape index (κ2) is 12.1. The number of hydrogen-bond acceptors (Lipinski definition) is 3. The van der Waals surface area contributed by atoms with Crippen LogP contribution in [0.1, 0.15) is 17.5 Å². The first-order valence-electron chi connectivity index (χ1n) is 10.9. The van der Waals surface area contributed by atoms with E-state index < -0.39 is 0 Å². The van der Waals surface area contributed by atoms with E-state index >= 15 is 0 Å². The fraction of sp³-hybridized carbons (Fsp3) is 0.400. The zero-order chi connectivity index (χ0) is 20.6. The fourth-order valence-corrected chi connectivity index (χ4v) is 4.11. The monoisotopic (exact) mass is 532 g/mol. The van der Waals surface area contributed by atoms with E-state index in [9.17, 15) is 0 Å². The Morgan fingerprint density at radius 3 is 2.48 bits per heavy atom. The van der Waals surface area contributed by atoms with E-state index in [2.05, 4.69) is 80.8 Å². The Labute approximate surface area is 203 Å². The lowest BCUT2D eigenvalue weighted by Gasteiger charge is -2.22. The summed E-state index contributed by atoms with van der Waals surface area (Å²) in [6, 6.07) is 19.2. The SMILES string of the molecule is CN=C(NCc1ccc(N2CC=CC2)cc1)N1CCC(COCc2ccccc2)C1.I. The average Bonchev–Trinajstić information content (AvgIpc) is 3.48. The summed E-state index contributed by atoms with van der Waals surface area (Å²) in [5, 5.41) is 3.53. The number of guanidine groups is 1. The van der Waals surface area contributed by atoms with Crippen molar-refractivity contribution < 1.29 is 4.74 Å². The van der Waals surface area contributed by atoms with Crippen LogP contribution in [0.15, 0.2) is 71.7 Å². The molecule has 0 bridgehead atoms. The molecule has 2 aliphatic heterocycles. The van der Waals surface area contributed by atoms with Crippen LogP contribution in [0.5, 0.6) is 0 Å². The van der Waals surface area contributed by atoms with Gasteiger partial charge in [-0.05, 0) is 29.7 Å². The third-order valence-corrected chi connectivity index (χ3v) is 5.83. The third-order valence-electron chi connectivity index (χ3n) is 5.83. The first-order chi connectivity index (χ1) is 14.8. The van der Waals surface area contributed by atoms with Crippen LogP contribution < -0.4 is 10.2 Å². The summed E-state index contributed by atoms with van der Waals surface area (Å²) in [5.74, 6) is 1.54. The lowest BCUT2D eigenvalue weighted by Crippen LogP contribution is -2.39. The number of halogens is 1. The van der Waals surface area contributed by atoms with Gasteiger partial charge in [0.1, 0.15) is 0 Å². The summed E-state index contributed by atoms with van der Waals surface area (Å²) >= 11 is 0. The molecule has 0 saturated carbocycles. The molecule has 1 fully saturated rings. The van der Waals surface area contributed by atoms with Crippen LogP contribution in [-0.4, -0.2) is 50.7 Å². The second-order valence-corrected chi connectivity index (χ2v) is 8.05. The highest BCUT2D eigenvalue weighted by molar-refractivity contribution is 14.0. The van der Waals surface area contributed by atoms with Gasteiger partial charge in [-0.1, -0.05) is 54.6 Å². The van der Waals surface area contributed by atoms with Crippen molar-refractivity contribution in [3.63, 3.8) is 0 Å². The number of anilines is 1. The van der Waals surface area contributed by atoms with E-state index in [1.54, 1.807) is 0 Å². The van der Waals surface area contributed by atoms with Gasteiger partial charge in [0, 0.05) is 51.4 Å².